The predicted molar refractivity (Wildman–Crippen MR) is 200 cm³/mol. The van der Waals surface area contributed by atoms with E-state index in [9.17, 15) is 22.9 Å². The van der Waals surface area contributed by atoms with Crippen LogP contribution in [-0.2, 0) is 14.9 Å². The van der Waals surface area contributed by atoms with Gasteiger partial charge in [0.1, 0.15) is 16.4 Å². The largest absolute Gasteiger partial charge is 0.504 e. The van der Waals surface area contributed by atoms with Gasteiger partial charge in [-0.1, -0.05) is 115 Å². The number of carbonyl (C=O) groups is 1. The second-order valence-corrected chi connectivity index (χ2v) is 14.3. The van der Waals surface area contributed by atoms with Crippen LogP contribution in [0.4, 0.5) is 11.4 Å². The van der Waals surface area contributed by atoms with Crippen molar-refractivity contribution < 1.29 is 32.3 Å². The number of rotatable bonds is 23. The first-order chi connectivity index (χ1) is 24.7. The van der Waals surface area contributed by atoms with E-state index in [1.807, 2.05) is 0 Å². The molecule has 1 aliphatic heterocycles. The van der Waals surface area contributed by atoms with Gasteiger partial charge in [0, 0.05) is 6.07 Å². The van der Waals surface area contributed by atoms with Gasteiger partial charge in [-0.05, 0) is 55.3 Å². The lowest BCUT2D eigenvalue weighted by Crippen LogP contribution is -2.30. The Morgan fingerprint density at radius 1 is 0.784 bits per heavy atom. The molecule has 51 heavy (non-hydrogen) atoms. The van der Waals surface area contributed by atoms with Crippen molar-refractivity contribution in [2.45, 2.75) is 121 Å². The summed E-state index contributed by atoms with van der Waals surface area (Å²) < 4.78 is 45.8. The summed E-state index contributed by atoms with van der Waals surface area (Å²) >= 11 is 0. The lowest BCUT2D eigenvalue weighted by molar-refractivity contribution is -0.117. The quantitative estimate of drug-likeness (QED) is 0.0562. The summed E-state index contributed by atoms with van der Waals surface area (Å²) in [6.07, 6.45) is 19.1. The van der Waals surface area contributed by atoms with E-state index in [0.29, 0.717) is 23.6 Å². The van der Waals surface area contributed by atoms with Crippen molar-refractivity contribution >= 4 is 33.1 Å². The second-order valence-electron chi connectivity index (χ2n) is 12.9. The van der Waals surface area contributed by atoms with Crippen molar-refractivity contribution in [2.75, 3.05) is 12.1 Å². The first kappa shape index (κ1) is 39.5. The summed E-state index contributed by atoms with van der Waals surface area (Å²) in [4.78, 5) is 13.3. The third kappa shape index (κ3) is 12.5. The van der Waals surface area contributed by atoms with Gasteiger partial charge >= 0.3 is 0 Å². The van der Waals surface area contributed by atoms with Gasteiger partial charge in [-0.3, -0.25) is 9.35 Å². The molecule has 0 saturated heterocycles. The van der Waals surface area contributed by atoms with E-state index in [1.165, 1.54) is 102 Å². The van der Waals surface area contributed by atoms with Crippen LogP contribution >= 0.6 is 0 Å². The van der Waals surface area contributed by atoms with Gasteiger partial charge in [-0.25, -0.2) is 0 Å². The highest BCUT2D eigenvalue weighted by Gasteiger charge is 2.37. The van der Waals surface area contributed by atoms with Gasteiger partial charge in [0.25, 0.3) is 16.0 Å². The maximum atomic E-state index is 13.8. The van der Waals surface area contributed by atoms with E-state index in [4.69, 9.17) is 9.47 Å². The number of carbonyl (C=O) groups excluding carboxylic acids is 1. The zero-order valence-electron chi connectivity index (χ0n) is 29.9. The third-order valence-electron chi connectivity index (χ3n) is 8.90. The molecule has 0 aliphatic carbocycles. The number of anilines is 1. The highest BCUT2D eigenvalue weighted by molar-refractivity contribution is 7.86. The van der Waals surface area contributed by atoms with Crippen LogP contribution in [0.1, 0.15) is 110 Å². The number of ether oxygens (including phenoxy) is 2. The number of unbranched alkanes of at least 4 members (excludes halogenated alkanes) is 14. The summed E-state index contributed by atoms with van der Waals surface area (Å²) in [5, 5.41) is 24.2. The minimum Gasteiger partial charge on any atom is -0.504 e. The Morgan fingerprint density at radius 3 is 1.98 bits per heavy atom. The summed E-state index contributed by atoms with van der Waals surface area (Å²) in [5.74, 6) is -0.0722. The first-order valence-corrected chi connectivity index (χ1v) is 19.7. The van der Waals surface area contributed by atoms with Crippen LogP contribution in [0.3, 0.4) is 0 Å². The minimum atomic E-state index is -4.73. The number of hydrazone groups is 1. The molecule has 0 fully saturated rings. The number of para-hydroxylation sites is 1. The summed E-state index contributed by atoms with van der Waals surface area (Å²) in [5.41, 5.74) is 1.01. The third-order valence-corrected chi connectivity index (χ3v) is 9.77. The Bertz CT molecular complexity index is 1710. The van der Waals surface area contributed by atoms with Gasteiger partial charge < -0.3 is 14.6 Å². The van der Waals surface area contributed by atoms with Gasteiger partial charge in [-0.2, -0.15) is 28.8 Å². The number of amides is 1. The predicted octanol–water partition coefficient (Wildman–Crippen LogP) is 10.6. The number of phenolic OH excluding ortho intramolecular Hbond substituents is 1. The molecule has 1 aliphatic rings. The molecular formula is C39H52N4O7S. The van der Waals surface area contributed by atoms with E-state index < -0.39 is 27.0 Å². The minimum absolute atomic E-state index is 0.0516. The van der Waals surface area contributed by atoms with E-state index >= 15 is 0 Å². The molecule has 3 aromatic carbocycles. The Kier molecular flexibility index (Phi) is 15.9. The fraction of sp³-hybridized carbons (Fsp3) is 0.487. The molecule has 0 unspecified atom stereocenters. The lowest BCUT2D eigenvalue weighted by Gasteiger charge is -2.15. The molecule has 276 valence electrons. The number of benzene rings is 3. The topological polar surface area (TPSA) is 150 Å². The van der Waals surface area contributed by atoms with Crippen molar-refractivity contribution in [3.8, 4) is 23.0 Å². The lowest BCUT2D eigenvalue weighted by atomic mass is 10.0. The Balaban J connectivity index is 1.39. The van der Waals surface area contributed by atoms with Crippen molar-refractivity contribution in [1.29, 1.82) is 0 Å². The maximum absolute atomic E-state index is 13.8. The molecule has 3 aromatic rings. The smallest absolute Gasteiger partial charge is 0.298 e. The standard InChI is InChI=1S/C39H52N4O7S/c1-3-4-5-6-7-8-9-10-11-12-13-14-15-16-20-23-33-38(41-40-30-24-26-34(44)36(28-30)49-2)39(45)43(42-33)31-25-27-35(37(29-31)51(46,47)48)50-32-21-18-17-19-22-32/h17-19,21-22,24-29,38,44H,3-16,20,23H2,1-2H3,(H,46,47,48)/t38-/m1/s1. The van der Waals surface area contributed by atoms with E-state index in [2.05, 4.69) is 22.3 Å². The summed E-state index contributed by atoms with van der Waals surface area (Å²) in [6, 6.07) is 16.0. The Hall–Kier alpha value is -4.29. The molecule has 0 radical (unpaired) electrons. The molecule has 1 amide bonds. The van der Waals surface area contributed by atoms with Crippen LogP contribution < -0.4 is 14.5 Å². The van der Waals surface area contributed by atoms with Crippen LogP contribution in [0.15, 0.2) is 87.0 Å². The zero-order valence-corrected chi connectivity index (χ0v) is 30.7. The zero-order chi connectivity index (χ0) is 36.5. The molecule has 0 saturated carbocycles. The SMILES string of the molecule is CCCCCCCCCCCCCCCCCC1=NN(c2ccc(Oc3ccccc3)c(S(=O)(=O)O)c2)C(=O)[C@@H]1N=Nc1ccc(O)c(OC)c1. The van der Waals surface area contributed by atoms with E-state index in [-0.39, 0.29) is 22.9 Å². The average molecular weight is 721 g/mol. The van der Waals surface area contributed by atoms with Crippen molar-refractivity contribution in [1.82, 2.24) is 0 Å². The normalized spacial score (nSPS) is 14.7. The summed E-state index contributed by atoms with van der Waals surface area (Å²) in [6.45, 7) is 2.25. The van der Waals surface area contributed by atoms with Crippen LogP contribution in [0, 0.1) is 0 Å². The fourth-order valence-electron chi connectivity index (χ4n) is 6.04. The second kappa shape index (κ2) is 20.5. The van der Waals surface area contributed by atoms with Crippen LogP contribution in [-0.4, -0.2) is 42.8 Å². The first-order valence-electron chi connectivity index (χ1n) is 18.2. The van der Waals surface area contributed by atoms with Gasteiger partial charge in [0.2, 0.25) is 0 Å². The number of azo groups is 1. The van der Waals surface area contributed by atoms with Gasteiger partial charge in [-0.15, -0.1) is 0 Å². The molecule has 0 aromatic heterocycles. The van der Waals surface area contributed by atoms with Gasteiger partial charge in [0.15, 0.2) is 17.5 Å². The van der Waals surface area contributed by atoms with Gasteiger partial charge in [0.05, 0.1) is 24.2 Å². The highest BCUT2D eigenvalue weighted by atomic mass is 32.2. The van der Waals surface area contributed by atoms with E-state index in [1.54, 1.807) is 36.4 Å². The fourth-order valence-corrected chi connectivity index (χ4v) is 6.67. The number of hydrogen-bond acceptors (Lipinski definition) is 9. The van der Waals surface area contributed by atoms with Crippen molar-refractivity contribution in [3.05, 3.63) is 66.7 Å². The van der Waals surface area contributed by atoms with Crippen LogP contribution in [0.5, 0.6) is 23.0 Å². The molecule has 11 nitrogen and oxygen atoms in total. The van der Waals surface area contributed by atoms with E-state index in [0.717, 1.165) is 36.8 Å². The van der Waals surface area contributed by atoms with Crippen LogP contribution in [0.25, 0.3) is 0 Å². The Labute approximate surface area is 302 Å². The molecular weight excluding hydrogens is 669 g/mol. The molecule has 0 bridgehead atoms. The molecule has 1 heterocycles. The molecule has 1 atom stereocenters. The summed E-state index contributed by atoms with van der Waals surface area (Å²) in [7, 11) is -3.31. The Morgan fingerprint density at radius 2 is 1.39 bits per heavy atom. The number of nitrogens with zero attached hydrogens (tertiary/aromatic N) is 4. The number of methoxy groups -OCH3 is 1. The maximum Gasteiger partial charge on any atom is 0.298 e. The molecule has 2 N–H and O–H groups in total. The van der Waals surface area contributed by atoms with Crippen molar-refractivity contribution in [2.24, 2.45) is 15.3 Å². The number of phenols is 1. The van der Waals surface area contributed by atoms with Crippen molar-refractivity contribution in [3.63, 3.8) is 0 Å². The molecule has 0 spiro atoms. The molecule has 12 heteroatoms. The van der Waals surface area contributed by atoms with Crippen LogP contribution in [0.2, 0.25) is 0 Å². The number of aromatic hydroxyl groups is 1. The molecule has 4 rings (SSSR count). The highest BCUT2D eigenvalue weighted by Crippen LogP contribution is 2.35. The number of hydrogen-bond donors (Lipinski definition) is 2. The monoisotopic (exact) mass is 720 g/mol. The average Bonchev–Trinajstić information content (AvgIpc) is 3.43.